The summed E-state index contributed by atoms with van der Waals surface area (Å²) in [5.41, 5.74) is 2.69. The van der Waals surface area contributed by atoms with Gasteiger partial charge in [-0.3, -0.25) is 4.79 Å². The maximum atomic E-state index is 12.9. The number of imidazole rings is 1. The van der Waals surface area contributed by atoms with Crippen LogP contribution >= 0.6 is 0 Å². The predicted molar refractivity (Wildman–Crippen MR) is 86.9 cm³/mol. The number of H-pyrrole nitrogens is 1. The number of rotatable bonds is 2. The predicted octanol–water partition coefficient (Wildman–Crippen LogP) is 2.86. The van der Waals surface area contributed by atoms with E-state index in [0.717, 1.165) is 42.2 Å². The van der Waals surface area contributed by atoms with Crippen LogP contribution in [0.5, 0.6) is 5.75 Å². The number of carbonyl (C=O) groups is 1. The summed E-state index contributed by atoms with van der Waals surface area (Å²) >= 11 is 0. The molecule has 0 radical (unpaired) electrons. The number of likely N-dealkylation sites (tertiary alicyclic amines) is 1. The second kappa shape index (κ2) is 5.57. The van der Waals surface area contributed by atoms with E-state index in [1.807, 2.05) is 48.4 Å². The monoisotopic (exact) mass is 309 g/mol. The Bertz CT molecular complexity index is 778. The minimum atomic E-state index is 0.0364. The number of ether oxygens (including phenoxy) is 1. The highest BCUT2D eigenvalue weighted by molar-refractivity contribution is 5.99. The van der Waals surface area contributed by atoms with Gasteiger partial charge in [0, 0.05) is 24.0 Å². The summed E-state index contributed by atoms with van der Waals surface area (Å²) in [6, 6.07) is 7.83. The molecule has 5 heteroatoms. The molecule has 1 atom stereocenters. The Morgan fingerprint density at radius 1 is 1.39 bits per heavy atom. The first-order valence-electron chi connectivity index (χ1n) is 7.97. The van der Waals surface area contributed by atoms with Crippen molar-refractivity contribution in [1.29, 1.82) is 0 Å². The van der Waals surface area contributed by atoms with E-state index in [9.17, 15) is 4.79 Å². The molecule has 0 spiro atoms. The van der Waals surface area contributed by atoms with Crippen LogP contribution in [0.4, 0.5) is 0 Å². The van der Waals surface area contributed by atoms with Gasteiger partial charge in [-0.25, -0.2) is 4.98 Å². The van der Waals surface area contributed by atoms with Gasteiger partial charge < -0.3 is 14.6 Å². The molecule has 5 nitrogen and oxygen atoms in total. The van der Waals surface area contributed by atoms with Crippen LogP contribution in [0.3, 0.4) is 0 Å². The first-order chi connectivity index (χ1) is 11.2. The molecule has 4 rings (SSSR count). The average molecular weight is 309 g/mol. The molecule has 23 heavy (non-hydrogen) atoms. The lowest BCUT2D eigenvalue weighted by Crippen LogP contribution is -2.34. The van der Waals surface area contributed by atoms with Crippen LogP contribution in [0.15, 0.2) is 36.0 Å². The lowest BCUT2D eigenvalue weighted by atomic mass is 10.1. The van der Waals surface area contributed by atoms with Crippen LogP contribution in [0.1, 0.15) is 36.0 Å². The molecule has 0 bridgehead atoms. The van der Waals surface area contributed by atoms with Crippen LogP contribution in [-0.2, 0) is 4.79 Å². The van der Waals surface area contributed by atoms with Crippen molar-refractivity contribution in [3.05, 3.63) is 53.1 Å². The molecule has 3 heterocycles. The third kappa shape index (κ3) is 2.52. The Kier molecular flexibility index (Phi) is 3.41. The first kappa shape index (κ1) is 14.1. The summed E-state index contributed by atoms with van der Waals surface area (Å²) in [6.45, 7) is 3.07. The second-order valence-electron chi connectivity index (χ2n) is 6.10. The van der Waals surface area contributed by atoms with Gasteiger partial charge in [0.2, 0.25) is 0 Å². The van der Waals surface area contributed by atoms with Crippen molar-refractivity contribution in [3.8, 4) is 5.75 Å². The Hall–Kier alpha value is -2.56. The summed E-state index contributed by atoms with van der Waals surface area (Å²) in [5, 5.41) is 0. The van der Waals surface area contributed by atoms with Crippen LogP contribution in [0.25, 0.3) is 6.08 Å². The van der Waals surface area contributed by atoms with E-state index >= 15 is 0 Å². The van der Waals surface area contributed by atoms with Gasteiger partial charge in [0.1, 0.15) is 18.2 Å². The Morgan fingerprint density at radius 3 is 3.09 bits per heavy atom. The number of amides is 1. The molecule has 1 saturated heterocycles. The van der Waals surface area contributed by atoms with Gasteiger partial charge in [-0.15, -0.1) is 0 Å². The number of carbonyl (C=O) groups excluding carboxylic acids is 1. The van der Waals surface area contributed by atoms with Crippen LogP contribution in [0.2, 0.25) is 0 Å². The molecule has 1 aromatic heterocycles. The maximum Gasteiger partial charge on any atom is 0.253 e. The lowest BCUT2D eigenvalue weighted by molar-refractivity contribution is -0.128. The number of hydrogen-bond acceptors (Lipinski definition) is 3. The van der Waals surface area contributed by atoms with Crippen molar-refractivity contribution in [2.45, 2.75) is 25.8 Å². The number of aromatic nitrogens is 2. The fourth-order valence-corrected chi connectivity index (χ4v) is 3.32. The van der Waals surface area contributed by atoms with Gasteiger partial charge >= 0.3 is 0 Å². The Labute approximate surface area is 135 Å². The molecule has 2 aromatic rings. The van der Waals surface area contributed by atoms with Gasteiger partial charge in [-0.1, -0.05) is 18.2 Å². The summed E-state index contributed by atoms with van der Waals surface area (Å²) in [7, 11) is 0. The fourth-order valence-electron chi connectivity index (χ4n) is 3.32. The molecule has 1 amide bonds. The Morgan fingerprint density at radius 2 is 2.26 bits per heavy atom. The average Bonchev–Trinajstić information content (AvgIpc) is 3.22. The molecule has 2 aliphatic rings. The van der Waals surface area contributed by atoms with Crippen molar-refractivity contribution in [2.24, 2.45) is 0 Å². The second-order valence-corrected chi connectivity index (χ2v) is 6.10. The van der Waals surface area contributed by atoms with E-state index in [0.29, 0.717) is 12.2 Å². The Balaban J connectivity index is 1.60. The highest BCUT2D eigenvalue weighted by Crippen LogP contribution is 2.33. The fraction of sp³-hybridized carbons (Fsp3) is 0.333. The van der Waals surface area contributed by atoms with Crippen molar-refractivity contribution in [1.82, 2.24) is 14.9 Å². The smallest absolute Gasteiger partial charge is 0.253 e. The molecular formula is C18H19N3O2. The highest BCUT2D eigenvalue weighted by atomic mass is 16.5. The number of benzene rings is 1. The number of nitrogens with one attached hydrogen (secondary N) is 1. The zero-order chi connectivity index (χ0) is 15.8. The number of hydrogen-bond donors (Lipinski definition) is 1. The number of nitrogens with zero attached hydrogens (tertiary/aromatic N) is 2. The van der Waals surface area contributed by atoms with Gasteiger partial charge in [-0.05, 0) is 31.9 Å². The standard InChI is InChI=1S/C18H19N3O2/c1-12-10-19-17(20-12)15-6-4-8-21(15)18(22)14-9-13-5-2-3-7-16(13)23-11-14/h2-3,5,7,9-10,15H,4,6,8,11H2,1H3,(H,19,20). The number of aryl methyl sites for hydroxylation is 1. The van der Waals surface area contributed by atoms with Crippen LogP contribution in [0, 0.1) is 6.92 Å². The molecule has 1 unspecified atom stereocenters. The van der Waals surface area contributed by atoms with E-state index in [4.69, 9.17) is 4.74 Å². The van der Waals surface area contributed by atoms with Gasteiger partial charge in [0.15, 0.2) is 0 Å². The molecule has 0 saturated carbocycles. The quantitative estimate of drug-likeness (QED) is 0.928. The molecule has 1 aromatic carbocycles. The molecule has 0 aliphatic carbocycles. The number of para-hydroxylation sites is 1. The third-order valence-corrected chi connectivity index (χ3v) is 4.46. The third-order valence-electron chi connectivity index (χ3n) is 4.46. The van der Waals surface area contributed by atoms with E-state index in [2.05, 4.69) is 9.97 Å². The van der Waals surface area contributed by atoms with E-state index < -0.39 is 0 Å². The maximum absolute atomic E-state index is 12.9. The first-order valence-corrected chi connectivity index (χ1v) is 7.97. The summed E-state index contributed by atoms with van der Waals surface area (Å²) < 4.78 is 5.72. The molecule has 1 N–H and O–H groups in total. The van der Waals surface area contributed by atoms with E-state index in [-0.39, 0.29) is 11.9 Å². The van der Waals surface area contributed by atoms with Crippen molar-refractivity contribution in [3.63, 3.8) is 0 Å². The van der Waals surface area contributed by atoms with E-state index in [1.54, 1.807) is 0 Å². The molecule has 2 aliphatic heterocycles. The van der Waals surface area contributed by atoms with Crippen LogP contribution < -0.4 is 4.74 Å². The zero-order valence-electron chi connectivity index (χ0n) is 13.1. The summed E-state index contributed by atoms with van der Waals surface area (Å²) in [6.07, 6.45) is 5.71. The largest absolute Gasteiger partial charge is 0.488 e. The minimum Gasteiger partial charge on any atom is -0.488 e. The van der Waals surface area contributed by atoms with Gasteiger partial charge in [-0.2, -0.15) is 0 Å². The molecule has 1 fully saturated rings. The van der Waals surface area contributed by atoms with Gasteiger partial charge in [0.05, 0.1) is 11.6 Å². The van der Waals surface area contributed by atoms with Crippen molar-refractivity contribution in [2.75, 3.05) is 13.2 Å². The zero-order valence-corrected chi connectivity index (χ0v) is 13.1. The highest BCUT2D eigenvalue weighted by Gasteiger charge is 2.34. The number of aromatic amines is 1. The SMILES string of the molecule is Cc1cnc(C2CCCN2C(=O)C2=Cc3ccccc3OC2)[nH]1. The lowest BCUT2D eigenvalue weighted by Gasteiger charge is -2.26. The molecule has 118 valence electrons. The normalized spacial score (nSPS) is 20.0. The summed E-state index contributed by atoms with van der Waals surface area (Å²) in [5.74, 6) is 1.77. The summed E-state index contributed by atoms with van der Waals surface area (Å²) in [4.78, 5) is 22.5. The van der Waals surface area contributed by atoms with Crippen LogP contribution in [-0.4, -0.2) is 33.9 Å². The number of fused-ring (bicyclic) bond motifs is 1. The topological polar surface area (TPSA) is 58.2 Å². The van der Waals surface area contributed by atoms with Gasteiger partial charge in [0.25, 0.3) is 5.91 Å². The van der Waals surface area contributed by atoms with Crippen molar-refractivity contribution >= 4 is 12.0 Å². The van der Waals surface area contributed by atoms with Crippen molar-refractivity contribution < 1.29 is 9.53 Å². The van der Waals surface area contributed by atoms with E-state index in [1.165, 1.54) is 0 Å². The molecular weight excluding hydrogens is 290 g/mol. The minimum absolute atomic E-state index is 0.0364.